The molecule has 0 spiro atoms. The second kappa shape index (κ2) is 4.47. The van der Waals surface area contributed by atoms with Crippen molar-refractivity contribution >= 4 is 11.6 Å². The van der Waals surface area contributed by atoms with E-state index in [4.69, 9.17) is 10.00 Å². The van der Waals surface area contributed by atoms with Gasteiger partial charge in [-0.3, -0.25) is 4.79 Å². The Morgan fingerprint density at radius 1 is 1.40 bits per heavy atom. The second-order valence-electron chi connectivity index (χ2n) is 3.20. The van der Waals surface area contributed by atoms with E-state index in [9.17, 15) is 4.79 Å². The van der Waals surface area contributed by atoms with Gasteiger partial charge in [-0.15, -0.1) is 0 Å². The van der Waals surface area contributed by atoms with Crippen molar-refractivity contribution in [3.63, 3.8) is 0 Å². The number of anilines is 1. The molecule has 15 heavy (non-hydrogen) atoms. The van der Waals surface area contributed by atoms with Crippen LogP contribution in [0.25, 0.3) is 0 Å². The molecule has 1 N–H and O–H groups in total. The molecule has 0 aromatic heterocycles. The number of methoxy groups -OCH3 is 1. The fraction of sp³-hybridized carbons (Fsp3) is 0.273. The number of aryl methyl sites for hydroxylation is 2. The van der Waals surface area contributed by atoms with E-state index in [0.29, 0.717) is 5.69 Å². The van der Waals surface area contributed by atoms with E-state index in [-0.39, 0.29) is 0 Å². The van der Waals surface area contributed by atoms with Crippen molar-refractivity contribution < 1.29 is 9.53 Å². The minimum absolute atomic E-state index is 0.639. The van der Waals surface area contributed by atoms with E-state index in [1.165, 1.54) is 6.07 Å². The summed E-state index contributed by atoms with van der Waals surface area (Å²) in [6, 6.07) is 5.11. The van der Waals surface area contributed by atoms with Gasteiger partial charge in [-0.1, -0.05) is 0 Å². The van der Waals surface area contributed by atoms with E-state index < -0.39 is 5.91 Å². The first-order valence-electron chi connectivity index (χ1n) is 4.44. The lowest BCUT2D eigenvalue weighted by atomic mass is 10.1. The smallest absolute Gasteiger partial charge is 0.326 e. The highest BCUT2D eigenvalue weighted by molar-refractivity contribution is 6.02. The number of hydrogen-bond donors (Lipinski definition) is 1. The van der Waals surface area contributed by atoms with Gasteiger partial charge in [-0.25, -0.2) is 0 Å². The van der Waals surface area contributed by atoms with Crippen LogP contribution in [0.4, 0.5) is 5.69 Å². The molecule has 0 atom stereocenters. The predicted molar refractivity (Wildman–Crippen MR) is 56.7 cm³/mol. The van der Waals surface area contributed by atoms with Crippen LogP contribution in [0.2, 0.25) is 0 Å². The Kier molecular flexibility index (Phi) is 3.29. The quantitative estimate of drug-likeness (QED) is 0.747. The Morgan fingerprint density at radius 2 is 2.07 bits per heavy atom. The zero-order chi connectivity index (χ0) is 11.4. The van der Waals surface area contributed by atoms with Gasteiger partial charge in [0.05, 0.1) is 7.11 Å². The number of hydrogen-bond acceptors (Lipinski definition) is 3. The van der Waals surface area contributed by atoms with Gasteiger partial charge in [-0.2, -0.15) is 5.26 Å². The summed E-state index contributed by atoms with van der Waals surface area (Å²) in [6.07, 6.45) is 0. The van der Waals surface area contributed by atoms with Crippen molar-refractivity contribution in [2.24, 2.45) is 0 Å². The average molecular weight is 204 g/mol. The minimum Gasteiger partial charge on any atom is -0.496 e. The number of carbonyl (C=O) groups is 1. The molecule has 0 saturated carbocycles. The Morgan fingerprint density at radius 3 is 2.60 bits per heavy atom. The Balaban J connectivity index is 3.06. The SMILES string of the molecule is COc1cc(C)c(NC(=O)C#N)cc1C. The zero-order valence-corrected chi connectivity index (χ0v) is 8.92. The second-order valence-corrected chi connectivity index (χ2v) is 3.20. The van der Waals surface area contributed by atoms with Crippen LogP contribution in [0, 0.1) is 25.2 Å². The summed E-state index contributed by atoms with van der Waals surface area (Å²) in [5.74, 6) is 0.102. The highest BCUT2D eigenvalue weighted by Crippen LogP contribution is 2.25. The first-order chi connectivity index (χ1) is 7.08. The summed E-state index contributed by atoms with van der Waals surface area (Å²) in [5, 5.41) is 10.9. The monoisotopic (exact) mass is 204 g/mol. The fourth-order valence-corrected chi connectivity index (χ4v) is 1.29. The van der Waals surface area contributed by atoms with Crippen molar-refractivity contribution in [3.8, 4) is 11.8 Å². The highest BCUT2D eigenvalue weighted by atomic mass is 16.5. The molecule has 0 bridgehead atoms. The predicted octanol–water partition coefficient (Wildman–Crippen LogP) is 1.77. The number of nitrogens with zero attached hydrogens (tertiary/aromatic N) is 1. The minimum atomic E-state index is -0.664. The van der Waals surface area contributed by atoms with E-state index in [1.54, 1.807) is 13.2 Å². The molecule has 78 valence electrons. The van der Waals surface area contributed by atoms with Gasteiger partial charge in [-0.05, 0) is 37.1 Å². The molecular formula is C11H12N2O2. The van der Waals surface area contributed by atoms with Crippen LogP contribution in [-0.4, -0.2) is 13.0 Å². The molecule has 0 saturated heterocycles. The molecular weight excluding hydrogens is 192 g/mol. The number of ether oxygens (including phenoxy) is 1. The Bertz CT molecular complexity index is 433. The highest BCUT2D eigenvalue weighted by Gasteiger charge is 2.07. The molecule has 0 aliphatic rings. The third-order valence-corrected chi connectivity index (χ3v) is 2.09. The standard InChI is InChI=1S/C11H12N2O2/c1-7-5-10(15-3)8(2)4-9(7)13-11(14)6-12/h4-5H,1-3H3,(H,13,14). The van der Waals surface area contributed by atoms with E-state index >= 15 is 0 Å². The summed E-state index contributed by atoms with van der Waals surface area (Å²) in [5.41, 5.74) is 2.41. The molecule has 1 amide bonds. The molecule has 0 aliphatic carbocycles. The van der Waals surface area contributed by atoms with Crippen molar-refractivity contribution in [2.45, 2.75) is 13.8 Å². The summed E-state index contributed by atoms with van der Waals surface area (Å²) < 4.78 is 5.13. The molecule has 1 aromatic carbocycles. The third-order valence-electron chi connectivity index (χ3n) is 2.09. The molecule has 4 nitrogen and oxygen atoms in total. The normalized spacial score (nSPS) is 9.20. The lowest BCUT2D eigenvalue weighted by molar-refractivity contribution is -0.111. The Labute approximate surface area is 88.5 Å². The summed E-state index contributed by atoms with van der Waals surface area (Å²) >= 11 is 0. The van der Waals surface area contributed by atoms with Crippen molar-refractivity contribution in [1.29, 1.82) is 5.26 Å². The first-order valence-corrected chi connectivity index (χ1v) is 4.44. The van der Waals surface area contributed by atoms with E-state index in [0.717, 1.165) is 16.9 Å². The number of benzene rings is 1. The van der Waals surface area contributed by atoms with Gasteiger partial charge in [0.1, 0.15) is 5.75 Å². The van der Waals surface area contributed by atoms with Crippen LogP contribution in [0.15, 0.2) is 12.1 Å². The molecule has 1 aromatic rings. The lowest BCUT2D eigenvalue weighted by Gasteiger charge is -2.10. The largest absolute Gasteiger partial charge is 0.496 e. The topological polar surface area (TPSA) is 62.1 Å². The average Bonchev–Trinajstić information content (AvgIpc) is 2.22. The van der Waals surface area contributed by atoms with E-state index in [1.807, 2.05) is 19.9 Å². The van der Waals surface area contributed by atoms with Crippen molar-refractivity contribution in [2.75, 3.05) is 12.4 Å². The summed E-state index contributed by atoms with van der Waals surface area (Å²) in [6.45, 7) is 3.72. The molecule has 0 heterocycles. The molecule has 1 rings (SSSR count). The van der Waals surface area contributed by atoms with Crippen LogP contribution in [0.3, 0.4) is 0 Å². The molecule has 0 radical (unpaired) electrons. The third kappa shape index (κ3) is 2.47. The number of nitriles is 1. The van der Waals surface area contributed by atoms with Gasteiger partial charge in [0.25, 0.3) is 0 Å². The maximum absolute atomic E-state index is 10.9. The van der Waals surface area contributed by atoms with Crippen LogP contribution >= 0.6 is 0 Å². The number of carbonyl (C=O) groups excluding carboxylic acids is 1. The lowest BCUT2D eigenvalue weighted by Crippen LogP contribution is -2.09. The van der Waals surface area contributed by atoms with Crippen LogP contribution in [0.5, 0.6) is 5.75 Å². The van der Waals surface area contributed by atoms with Crippen LogP contribution in [-0.2, 0) is 4.79 Å². The van der Waals surface area contributed by atoms with Gasteiger partial charge < -0.3 is 10.1 Å². The first kappa shape index (κ1) is 11.1. The van der Waals surface area contributed by atoms with Crippen LogP contribution < -0.4 is 10.1 Å². The Hall–Kier alpha value is -2.02. The van der Waals surface area contributed by atoms with E-state index in [2.05, 4.69) is 5.32 Å². The summed E-state index contributed by atoms with van der Waals surface area (Å²) in [7, 11) is 1.59. The molecule has 4 heteroatoms. The molecule has 0 aliphatic heterocycles. The zero-order valence-electron chi connectivity index (χ0n) is 8.92. The number of rotatable bonds is 2. The van der Waals surface area contributed by atoms with Gasteiger partial charge in [0.2, 0.25) is 0 Å². The fourth-order valence-electron chi connectivity index (χ4n) is 1.29. The van der Waals surface area contributed by atoms with Crippen molar-refractivity contribution in [1.82, 2.24) is 0 Å². The number of nitrogens with one attached hydrogen (secondary N) is 1. The van der Waals surface area contributed by atoms with Gasteiger partial charge in [0.15, 0.2) is 6.07 Å². The van der Waals surface area contributed by atoms with Crippen molar-refractivity contribution in [3.05, 3.63) is 23.3 Å². The number of amides is 1. The maximum Gasteiger partial charge on any atom is 0.326 e. The van der Waals surface area contributed by atoms with Gasteiger partial charge in [0, 0.05) is 5.69 Å². The summed E-state index contributed by atoms with van der Waals surface area (Å²) in [4.78, 5) is 10.9. The molecule has 0 unspecified atom stereocenters. The molecule has 0 fully saturated rings. The van der Waals surface area contributed by atoms with Gasteiger partial charge >= 0.3 is 5.91 Å². The maximum atomic E-state index is 10.9. The van der Waals surface area contributed by atoms with Crippen LogP contribution in [0.1, 0.15) is 11.1 Å².